The number of amidine groups is 1. The van der Waals surface area contributed by atoms with E-state index in [9.17, 15) is 0 Å². The Morgan fingerprint density at radius 2 is 2.00 bits per heavy atom. The first-order valence-electron chi connectivity index (χ1n) is 8.22. The van der Waals surface area contributed by atoms with Gasteiger partial charge in [0.15, 0.2) is 0 Å². The number of nitrogens with zero attached hydrogens (tertiary/aromatic N) is 3. The lowest BCUT2D eigenvalue weighted by atomic mass is 10.0. The maximum Gasteiger partial charge on any atom is 0.132 e. The molecule has 0 spiro atoms. The van der Waals surface area contributed by atoms with Gasteiger partial charge in [0.05, 0.1) is 5.69 Å². The molecule has 0 unspecified atom stereocenters. The van der Waals surface area contributed by atoms with Gasteiger partial charge in [0.1, 0.15) is 5.84 Å². The maximum absolute atomic E-state index is 6.05. The van der Waals surface area contributed by atoms with E-state index in [-0.39, 0.29) is 0 Å². The van der Waals surface area contributed by atoms with Crippen molar-refractivity contribution in [1.82, 2.24) is 4.98 Å². The molecule has 24 heavy (non-hydrogen) atoms. The summed E-state index contributed by atoms with van der Waals surface area (Å²) in [5, 5.41) is 2.35. The predicted octanol–water partition coefficient (Wildman–Crippen LogP) is 3.78. The molecule has 1 aliphatic heterocycles. The highest BCUT2D eigenvalue weighted by atomic mass is 15.1. The number of hydrogen-bond donors (Lipinski definition) is 1. The zero-order valence-electron chi connectivity index (χ0n) is 14.0. The van der Waals surface area contributed by atoms with Crippen molar-refractivity contribution in [3.8, 4) is 0 Å². The van der Waals surface area contributed by atoms with Crippen LogP contribution in [0.1, 0.15) is 23.7 Å². The van der Waals surface area contributed by atoms with E-state index in [2.05, 4.69) is 59.2 Å². The van der Waals surface area contributed by atoms with Crippen LogP contribution in [0.25, 0.3) is 10.8 Å². The molecular weight excluding hydrogens is 296 g/mol. The highest BCUT2D eigenvalue weighted by Gasteiger charge is 2.18. The summed E-state index contributed by atoms with van der Waals surface area (Å²) in [6, 6.07) is 14.7. The Bertz CT molecular complexity index is 959. The first-order chi connectivity index (χ1) is 11.7. The average molecular weight is 316 g/mol. The predicted molar refractivity (Wildman–Crippen MR) is 100 cm³/mol. The monoisotopic (exact) mass is 316 g/mol. The van der Waals surface area contributed by atoms with Crippen LogP contribution < -0.4 is 10.6 Å². The van der Waals surface area contributed by atoms with E-state index >= 15 is 0 Å². The van der Waals surface area contributed by atoms with Crippen molar-refractivity contribution in [3.05, 3.63) is 65.5 Å². The Balaban J connectivity index is 1.74. The number of anilines is 1. The summed E-state index contributed by atoms with van der Waals surface area (Å²) in [5.41, 5.74) is 11.6. The number of aromatic nitrogens is 1. The van der Waals surface area contributed by atoms with Gasteiger partial charge in [-0.15, -0.1) is 0 Å². The number of hydrogen-bond acceptors (Lipinski definition) is 4. The van der Waals surface area contributed by atoms with E-state index in [1.807, 2.05) is 18.3 Å². The quantitative estimate of drug-likeness (QED) is 0.797. The molecule has 4 heteroatoms. The topological polar surface area (TPSA) is 54.5 Å². The number of rotatable bonds is 4. The first kappa shape index (κ1) is 14.7. The molecule has 2 heterocycles. The van der Waals surface area contributed by atoms with Crippen molar-refractivity contribution < 1.29 is 0 Å². The van der Waals surface area contributed by atoms with E-state index in [1.165, 1.54) is 16.6 Å². The summed E-state index contributed by atoms with van der Waals surface area (Å²) in [7, 11) is 2.12. The van der Waals surface area contributed by atoms with Crippen LogP contribution in [0.4, 0.5) is 11.4 Å². The van der Waals surface area contributed by atoms with Crippen LogP contribution in [0, 0.1) is 0 Å². The zero-order chi connectivity index (χ0) is 16.7. The van der Waals surface area contributed by atoms with E-state index in [0.29, 0.717) is 5.84 Å². The molecule has 0 saturated carbocycles. The largest absolute Gasteiger partial charge is 0.383 e. The molecular formula is C20H20N4. The van der Waals surface area contributed by atoms with Crippen molar-refractivity contribution >= 4 is 28.0 Å². The second-order valence-electron chi connectivity index (χ2n) is 6.19. The second kappa shape index (κ2) is 5.64. The summed E-state index contributed by atoms with van der Waals surface area (Å²) < 4.78 is 0. The number of benzene rings is 2. The summed E-state index contributed by atoms with van der Waals surface area (Å²) in [5.74, 6) is 0.608. The second-order valence-corrected chi connectivity index (χ2v) is 6.19. The van der Waals surface area contributed by atoms with Gasteiger partial charge < -0.3 is 10.6 Å². The Morgan fingerprint density at radius 3 is 2.83 bits per heavy atom. The van der Waals surface area contributed by atoms with Gasteiger partial charge in [0.2, 0.25) is 0 Å². The molecule has 120 valence electrons. The molecule has 0 amide bonds. The van der Waals surface area contributed by atoms with Crippen molar-refractivity contribution in [2.24, 2.45) is 10.7 Å². The lowest BCUT2D eigenvalue weighted by molar-refractivity contribution is 0.912. The molecule has 0 atom stereocenters. The molecule has 2 N–H and O–H groups in total. The van der Waals surface area contributed by atoms with Gasteiger partial charge in [-0.1, -0.05) is 25.1 Å². The average Bonchev–Trinajstić information content (AvgIpc) is 2.93. The number of pyridine rings is 1. The molecule has 4 rings (SSSR count). The third kappa shape index (κ3) is 2.31. The zero-order valence-corrected chi connectivity index (χ0v) is 14.0. The Hall–Kier alpha value is -2.88. The van der Waals surface area contributed by atoms with Gasteiger partial charge in [-0.05, 0) is 36.2 Å². The minimum Gasteiger partial charge on any atom is -0.383 e. The van der Waals surface area contributed by atoms with Gasteiger partial charge >= 0.3 is 0 Å². The van der Waals surface area contributed by atoms with Crippen LogP contribution in [-0.4, -0.2) is 17.9 Å². The standard InChI is InChI=1S/C20H20N4/c1-3-14-11-13(9-10-22-14)12-24(2)18-8-7-17-19-15(18)5-4-6-16(19)20(21)23-17/h4-11H,3,12H2,1-2H3,(H2,21,23). The molecule has 1 aromatic heterocycles. The number of aliphatic imine (C=N–C) groups is 1. The van der Waals surface area contributed by atoms with Gasteiger partial charge in [-0.3, -0.25) is 4.98 Å². The van der Waals surface area contributed by atoms with Crippen LogP contribution in [0.5, 0.6) is 0 Å². The van der Waals surface area contributed by atoms with E-state index < -0.39 is 0 Å². The van der Waals surface area contributed by atoms with Gasteiger partial charge in [0.25, 0.3) is 0 Å². The van der Waals surface area contributed by atoms with E-state index in [4.69, 9.17) is 5.73 Å². The molecule has 0 saturated heterocycles. The van der Waals surface area contributed by atoms with Gasteiger partial charge in [-0.25, -0.2) is 4.99 Å². The highest BCUT2D eigenvalue weighted by Crippen LogP contribution is 2.39. The normalized spacial score (nSPS) is 12.5. The molecule has 0 radical (unpaired) electrons. The van der Waals surface area contributed by atoms with Gasteiger partial charge in [-0.2, -0.15) is 0 Å². The first-order valence-corrected chi connectivity index (χ1v) is 8.22. The molecule has 3 aromatic rings. The minimum atomic E-state index is 0.608. The summed E-state index contributed by atoms with van der Waals surface area (Å²) in [4.78, 5) is 11.1. The fourth-order valence-corrected chi connectivity index (χ4v) is 3.38. The Kier molecular flexibility index (Phi) is 3.45. The van der Waals surface area contributed by atoms with Crippen LogP contribution in [-0.2, 0) is 13.0 Å². The minimum absolute atomic E-state index is 0.608. The van der Waals surface area contributed by atoms with Crippen LogP contribution in [0.15, 0.2) is 53.7 Å². The number of nitrogens with two attached hydrogens (primary N) is 1. The van der Waals surface area contributed by atoms with E-state index in [0.717, 1.165) is 35.3 Å². The Morgan fingerprint density at radius 1 is 1.12 bits per heavy atom. The smallest absolute Gasteiger partial charge is 0.132 e. The summed E-state index contributed by atoms with van der Waals surface area (Å²) >= 11 is 0. The molecule has 4 nitrogen and oxygen atoms in total. The Labute approximate surface area is 141 Å². The summed E-state index contributed by atoms with van der Waals surface area (Å²) in [6.45, 7) is 2.97. The summed E-state index contributed by atoms with van der Waals surface area (Å²) in [6.07, 6.45) is 2.85. The van der Waals surface area contributed by atoms with Crippen molar-refractivity contribution in [2.75, 3.05) is 11.9 Å². The maximum atomic E-state index is 6.05. The fourth-order valence-electron chi connectivity index (χ4n) is 3.38. The lowest BCUT2D eigenvalue weighted by Gasteiger charge is -2.22. The van der Waals surface area contributed by atoms with Gasteiger partial charge in [0, 0.05) is 47.5 Å². The van der Waals surface area contributed by atoms with E-state index in [1.54, 1.807) is 0 Å². The van der Waals surface area contributed by atoms with Crippen molar-refractivity contribution in [2.45, 2.75) is 19.9 Å². The lowest BCUT2D eigenvalue weighted by Crippen LogP contribution is -2.17. The SMILES string of the molecule is CCc1cc(CN(C)c2ccc3c4c(cccc24)C(N)=N3)ccn1. The molecule has 1 aliphatic rings. The molecule has 0 aliphatic carbocycles. The fraction of sp³-hybridized carbons (Fsp3) is 0.200. The van der Waals surface area contributed by atoms with Crippen molar-refractivity contribution in [1.29, 1.82) is 0 Å². The molecule has 0 fully saturated rings. The van der Waals surface area contributed by atoms with Crippen LogP contribution >= 0.6 is 0 Å². The molecule has 0 bridgehead atoms. The third-order valence-electron chi connectivity index (χ3n) is 4.59. The number of aryl methyl sites for hydroxylation is 1. The molecule has 2 aromatic carbocycles. The third-order valence-corrected chi connectivity index (χ3v) is 4.59. The van der Waals surface area contributed by atoms with Crippen LogP contribution in [0.2, 0.25) is 0 Å². The van der Waals surface area contributed by atoms with Crippen molar-refractivity contribution in [3.63, 3.8) is 0 Å². The van der Waals surface area contributed by atoms with Crippen LogP contribution in [0.3, 0.4) is 0 Å². The highest BCUT2D eigenvalue weighted by molar-refractivity contribution is 6.20.